The van der Waals surface area contributed by atoms with Crippen molar-refractivity contribution in [2.24, 2.45) is 18.0 Å². The molecule has 2 aromatic carbocycles. The number of fused-ring (bicyclic) bond motifs is 1. The van der Waals surface area contributed by atoms with E-state index >= 15 is 0 Å². The normalized spacial score (nSPS) is 15.2. The van der Waals surface area contributed by atoms with Gasteiger partial charge in [0.05, 0.1) is 17.7 Å². The van der Waals surface area contributed by atoms with Crippen LogP contribution in [0.25, 0.3) is 22.0 Å². The molecule has 2 aromatic heterocycles. The maximum Gasteiger partial charge on any atom is 0.254 e. The third-order valence-electron chi connectivity index (χ3n) is 7.58. The second kappa shape index (κ2) is 11.0. The van der Waals surface area contributed by atoms with Crippen LogP contribution in [0.4, 0.5) is 4.39 Å². The molecule has 40 heavy (non-hydrogen) atoms. The molecular formula is C30H33FN6O3. The summed E-state index contributed by atoms with van der Waals surface area (Å²) in [5, 5.41) is 16.8. The predicted octanol–water partition coefficient (Wildman–Crippen LogP) is 2.91. The van der Waals surface area contributed by atoms with Crippen molar-refractivity contribution in [1.82, 2.24) is 19.9 Å². The number of aliphatic hydroxyl groups excluding tert-OH is 1. The van der Waals surface area contributed by atoms with Crippen molar-refractivity contribution in [3.05, 3.63) is 89.4 Å². The monoisotopic (exact) mass is 544 g/mol. The van der Waals surface area contributed by atoms with Gasteiger partial charge in [-0.1, -0.05) is 25.1 Å². The number of nitrogens with two attached hydrogens (primary N) is 1. The molecule has 5 rings (SSSR count). The van der Waals surface area contributed by atoms with E-state index in [1.165, 1.54) is 16.8 Å². The molecule has 0 saturated heterocycles. The highest BCUT2D eigenvalue weighted by atomic mass is 19.1. The second-order valence-electron chi connectivity index (χ2n) is 10.3. The molecule has 1 unspecified atom stereocenters. The number of carbonyl (C=O) groups is 2. The molecule has 1 aliphatic rings. The molecule has 10 heteroatoms. The maximum atomic E-state index is 14.0. The zero-order chi connectivity index (χ0) is 28.4. The minimum Gasteiger partial charge on any atom is -0.394 e. The van der Waals surface area contributed by atoms with E-state index in [9.17, 15) is 19.1 Å². The number of rotatable bonds is 9. The van der Waals surface area contributed by atoms with Gasteiger partial charge in [0.2, 0.25) is 5.91 Å². The third kappa shape index (κ3) is 5.35. The SMILES string of the molecule is CCC(CO)(NC(=O)c1cn(C)c2ccc(-c3ccn(N)c(=NCNC(=O)C4CC4)c3)cc12)c1cccc(F)c1. The largest absolute Gasteiger partial charge is 0.394 e. The maximum absolute atomic E-state index is 14.0. The predicted molar refractivity (Wildman–Crippen MR) is 151 cm³/mol. The molecule has 1 atom stereocenters. The Labute approximate surface area is 231 Å². The molecule has 0 bridgehead atoms. The van der Waals surface area contributed by atoms with Gasteiger partial charge < -0.3 is 26.1 Å². The number of nitrogens with zero attached hydrogens (tertiary/aromatic N) is 3. The van der Waals surface area contributed by atoms with Crippen LogP contribution in [0.2, 0.25) is 0 Å². The molecule has 1 aliphatic carbocycles. The van der Waals surface area contributed by atoms with E-state index in [-0.39, 0.29) is 31.0 Å². The van der Waals surface area contributed by atoms with Gasteiger partial charge in [0.15, 0.2) is 0 Å². The minimum atomic E-state index is -1.14. The summed E-state index contributed by atoms with van der Waals surface area (Å²) in [5.41, 5.74) is 2.81. The fraction of sp³-hybridized carbons (Fsp3) is 0.300. The number of aryl methyl sites for hydroxylation is 1. The Balaban J connectivity index is 1.47. The quantitative estimate of drug-likeness (QED) is 0.242. The summed E-state index contributed by atoms with van der Waals surface area (Å²) in [6.45, 7) is 1.58. The number of aliphatic hydroxyl groups is 1. The van der Waals surface area contributed by atoms with E-state index < -0.39 is 11.4 Å². The lowest BCUT2D eigenvalue weighted by atomic mass is 9.87. The molecule has 2 heterocycles. The minimum absolute atomic E-state index is 0.00880. The van der Waals surface area contributed by atoms with E-state index in [1.807, 2.05) is 48.9 Å². The smallest absolute Gasteiger partial charge is 0.254 e. The zero-order valence-corrected chi connectivity index (χ0v) is 22.5. The molecule has 1 fully saturated rings. The Morgan fingerprint density at radius 3 is 2.62 bits per heavy atom. The average molecular weight is 545 g/mol. The van der Waals surface area contributed by atoms with Crippen LogP contribution in [-0.4, -0.2) is 39.4 Å². The fourth-order valence-corrected chi connectivity index (χ4v) is 4.92. The van der Waals surface area contributed by atoms with E-state index in [4.69, 9.17) is 5.84 Å². The Morgan fingerprint density at radius 1 is 1.15 bits per heavy atom. The van der Waals surface area contributed by atoms with Gasteiger partial charge in [0.25, 0.3) is 5.91 Å². The molecular weight excluding hydrogens is 511 g/mol. The molecule has 2 amide bonds. The summed E-state index contributed by atoms with van der Waals surface area (Å²) in [4.78, 5) is 30.0. The topological polar surface area (TPSA) is 127 Å². The standard InChI is InChI=1S/C30H33FN6O3/c1-3-30(17-38,22-5-4-6-23(31)15-22)35-29(40)25-16-36(2)26-10-9-20(13-24(25)26)21-11-12-37(32)27(14-21)33-18-34-28(39)19-7-8-19/h4-6,9-16,19,38H,3,7-8,17-18,32H2,1-2H3,(H,34,39)(H,35,40). The number of benzene rings is 2. The van der Waals surface area contributed by atoms with E-state index in [2.05, 4.69) is 15.6 Å². The summed E-state index contributed by atoms with van der Waals surface area (Å²) in [5.74, 6) is 5.36. The highest BCUT2D eigenvalue weighted by Crippen LogP contribution is 2.30. The van der Waals surface area contributed by atoms with Crippen molar-refractivity contribution in [3.63, 3.8) is 0 Å². The number of nitrogen functional groups attached to an aromatic ring is 1. The van der Waals surface area contributed by atoms with E-state index in [1.54, 1.807) is 24.5 Å². The van der Waals surface area contributed by atoms with Gasteiger partial charge in [-0.25, -0.2) is 9.38 Å². The summed E-state index contributed by atoms with van der Waals surface area (Å²) in [7, 11) is 1.86. The molecule has 9 nitrogen and oxygen atoms in total. The molecule has 0 aliphatic heterocycles. The molecule has 0 radical (unpaired) electrons. The molecule has 208 valence electrons. The van der Waals surface area contributed by atoms with Crippen molar-refractivity contribution in [1.29, 1.82) is 0 Å². The number of aromatic nitrogens is 2. The van der Waals surface area contributed by atoms with Crippen LogP contribution in [-0.2, 0) is 17.4 Å². The first-order valence-corrected chi connectivity index (χ1v) is 13.3. The molecule has 5 N–H and O–H groups in total. The van der Waals surface area contributed by atoms with Crippen molar-refractivity contribution >= 4 is 22.7 Å². The number of amides is 2. The van der Waals surface area contributed by atoms with Crippen LogP contribution in [0.1, 0.15) is 42.1 Å². The van der Waals surface area contributed by atoms with Crippen LogP contribution in [0.3, 0.4) is 0 Å². The lowest BCUT2D eigenvalue weighted by Gasteiger charge is -2.32. The molecule has 1 saturated carbocycles. The number of hydrogen-bond donors (Lipinski definition) is 4. The van der Waals surface area contributed by atoms with Crippen molar-refractivity contribution in [3.8, 4) is 11.1 Å². The number of pyridine rings is 1. The van der Waals surface area contributed by atoms with Crippen molar-refractivity contribution < 1.29 is 19.1 Å². The Kier molecular flexibility index (Phi) is 7.44. The summed E-state index contributed by atoms with van der Waals surface area (Å²) < 4.78 is 17.3. The van der Waals surface area contributed by atoms with Gasteiger partial charge in [0.1, 0.15) is 18.0 Å². The Hall–Kier alpha value is -4.44. The van der Waals surface area contributed by atoms with E-state index in [0.29, 0.717) is 23.0 Å². The number of hydrogen-bond acceptors (Lipinski definition) is 5. The number of halogens is 1. The highest BCUT2D eigenvalue weighted by molar-refractivity contribution is 6.08. The van der Waals surface area contributed by atoms with Crippen LogP contribution >= 0.6 is 0 Å². The first-order chi connectivity index (χ1) is 19.2. The van der Waals surface area contributed by atoms with Crippen LogP contribution < -0.4 is 22.0 Å². The second-order valence-corrected chi connectivity index (χ2v) is 10.3. The van der Waals surface area contributed by atoms with Gasteiger partial charge >= 0.3 is 0 Å². The fourth-order valence-electron chi connectivity index (χ4n) is 4.92. The van der Waals surface area contributed by atoms with Crippen molar-refractivity contribution in [2.45, 2.75) is 31.7 Å². The number of nitrogens with one attached hydrogen (secondary N) is 2. The first-order valence-electron chi connectivity index (χ1n) is 13.3. The van der Waals surface area contributed by atoms with Gasteiger partial charge in [-0.3, -0.25) is 14.3 Å². The zero-order valence-electron chi connectivity index (χ0n) is 22.5. The number of carbonyl (C=O) groups excluding carboxylic acids is 2. The van der Waals surface area contributed by atoms with Crippen LogP contribution in [0.5, 0.6) is 0 Å². The molecule has 0 spiro atoms. The van der Waals surface area contributed by atoms with Gasteiger partial charge in [-0.15, -0.1) is 0 Å². The Bertz CT molecular complexity index is 1650. The summed E-state index contributed by atoms with van der Waals surface area (Å²) >= 11 is 0. The van der Waals surface area contributed by atoms with Crippen LogP contribution in [0.15, 0.2) is 72.0 Å². The van der Waals surface area contributed by atoms with Gasteiger partial charge in [0, 0.05) is 36.3 Å². The lowest BCUT2D eigenvalue weighted by molar-refractivity contribution is -0.122. The van der Waals surface area contributed by atoms with Gasteiger partial charge in [-0.05, 0) is 72.4 Å². The summed E-state index contributed by atoms with van der Waals surface area (Å²) in [6.07, 6.45) is 5.64. The van der Waals surface area contributed by atoms with E-state index in [0.717, 1.165) is 34.9 Å². The highest BCUT2D eigenvalue weighted by Gasteiger charge is 2.33. The van der Waals surface area contributed by atoms with Crippen LogP contribution in [0, 0.1) is 11.7 Å². The summed E-state index contributed by atoms with van der Waals surface area (Å²) in [6, 6.07) is 15.4. The van der Waals surface area contributed by atoms with Gasteiger partial charge in [-0.2, -0.15) is 0 Å². The molecule has 4 aromatic rings. The Morgan fingerprint density at radius 2 is 1.93 bits per heavy atom. The lowest BCUT2D eigenvalue weighted by Crippen LogP contribution is -2.48. The van der Waals surface area contributed by atoms with Crippen molar-refractivity contribution in [2.75, 3.05) is 19.1 Å². The first kappa shape index (κ1) is 27.1. The average Bonchev–Trinajstić information content (AvgIpc) is 3.76. The third-order valence-corrected chi connectivity index (χ3v) is 7.58.